The standard InChI is InChI=1S/C16H17N3S/c1-12-4-3-9-19(12)16-8-6-14(10-17-16)5-7-15-11-20-13(2)18-15/h6,8,10-12H,3-4,9H2,1-2H3. The molecular weight excluding hydrogens is 266 g/mol. The molecule has 3 rings (SSSR count). The van der Waals surface area contributed by atoms with Crippen molar-refractivity contribution in [3.8, 4) is 11.8 Å². The molecule has 1 saturated heterocycles. The molecule has 1 unspecified atom stereocenters. The van der Waals surface area contributed by atoms with Crippen LogP contribution in [0.25, 0.3) is 0 Å². The maximum Gasteiger partial charge on any atom is 0.128 e. The molecule has 1 atom stereocenters. The minimum atomic E-state index is 0.595. The lowest BCUT2D eigenvalue weighted by molar-refractivity contribution is 0.727. The number of hydrogen-bond acceptors (Lipinski definition) is 4. The average Bonchev–Trinajstić information content (AvgIpc) is 3.06. The number of pyridine rings is 1. The van der Waals surface area contributed by atoms with Gasteiger partial charge in [-0.05, 0) is 44.7 Å². The summed E-state index contributed by atoms with van der Waals surface area (Å²) in [7, 11) is 0. The van der Waals surface area contributed by atoms with Crippen LogP contribution in [-0.4, -0.2) is 22.6 Å². The summed E-state index contributed by atoms with van der Waals surface area (Å²) >= 11 is 1.62. The minimum Gasteiger partial charge on any atom is -0.354 e. The molecule has 1 fully saturated rings. The van der Waals surface area contributed by atoms with Gasteiger partial charge in [-0.2, -0.15) is 0 Å². The second-order valence-corrected chi connectivity index (χ2v) is 6.15. The summed E-state index contributed by atoms with van der Waals surface area (Å²) in [6.07, 6.45) is 4.37. The van der Waals surface area contributed by atoms with Crippen molar-refractivity contribution in [2.45, 2.75) is 32.7 Å². The zero-order valence-electron chi connectivity index (χ0n) is 11.8. The van der Waals surface area contributed by atoms with Gasteiger partial charge in [-0.3, -0.25) is 0 Å². The molecule has 0 spiro atoms. The molecule has 4 heteroatoms. The van der Waals surface area contributed by atoms with Gasteiger partial charge in [-0.15, -0.1) is 11.3 Å². The second-order valence-electron chi connectivity index (χ2n) is 5.09. The number of nitrogens with zero attached hydrogens (tertiary/aromatic N) is 3. The zero-order chi connectivity index (χ0) is 13.9. The molecule has 0 bridgehead atoms. The van der Waals surface area contributed by atoms with Crippen molar-refractivity contribution in [2.75, 3.05) is 11.4 Å². The van der Waals surface area contributed by atoms with Crippen LogP contribution in [0.2, 0.25) is 0 Å². The molecule has 3 nitrogen and oxygen atoms in total. The molecule has 1 aliphatic rings. The predicted molar refractivity (Wildman–Crippen MR) is 83.1 cm³/mol. The highest BCUT2D eigenvalue weighted by Crippen LogP contribution is 2.23. The van der Waals surface area contributed by atoms with Crippen LogP contribution in [0.5, 0.6) is 0 Å². The molecule has 0 N–H and O–H groups in total. The van der Waals surface area contributed by atoms with E-state index in [1.165, 1.54) is 12.8 Å². The number of rotatable bonds is 1. The highest BCUT2D eigenvalue weighted by Gasteiger charge is 2.20. The van der Waals surface area contributed by atoms with Crippen LogP contribution in [0.15, 0.2) is 23.7 Å². The SMILES string of the molecule is Cc1nc(C#Cc2ccc(N3CCCC3C)nc2)cs1. The largest absolute Gasteiger partial charge is 0.354 e. The van der Waals surface area contributed by atoms with Crippen molar-refractivity contribution >= 4 is 17.2 Å². The topological polar surface area (TPSA) is 29.0 Å². The van der Waals surface area contributed by atoms with Crippen molar-refractivity contribution in [3.63, 3.8) is 0 Å². The first-order valence-electron chi connectivity index (χ1n) is 6.89. The maximum absolute atomic E-state index is 4.53. The number of aromatic nitrogens is 2. The van der Waals surface area contributed by atoms with Gasteiger partial charge in [0.25, 0.3) is 0 Å². The van der Waals surface area contributed by atoms with Crippen LogP contribution in [0.1, 0.15) is 36.0 Å². The summed E-state index contributed by atoms with van der Waals surface area (Å²) in [4.78, 5) is 11.2. The van der Waals surface area contributed by atoms with E-state index in [0.717, 1.165) is 28.6 Å². The van der Waals surface area contributed by atoms with Gasteiger partial charge in [0.15, 0.2) is 0 Å². The van der Waals surface area contributed by atoms with Crippen LogP contribution in [0.3, 0.4) is 0 Å². The maximum atomic E-state index is 4.53. The fraction of sp³-hybridized carbons (Fsp3) is 0.375. The Morgan fingerprint density at radius 2 is 2.25 bits per heavy atom. The fourth-order valence-corrected chi connectivity index (χ4v) is 3.01. The van der Waals surface area contributed by atoms with Crippen molar-refractivity contribution in [1.82, 2.24) is 9.97 Å². The van der Waals surface area contributed by atoms with Crippen molar-refractivity contribution in [2.24, 2.45) is 0 Å². The van der Waals surface area contributed by atoms with Gasteiger partial charge < -0.3 is 4.90 Å². The summed E-state index contributed by atoms with van der Waals surface area (Å²) in [5, 5.41) is 3.03. The molecule has 1 aliphatic heterocycles. The molecule has 0 saturated carbocycles. The molecule has 102 valence electrons. The Balaban J connectivity index is 1.75. The Labute approximate surface area is 123 Å². The third kappa shape index (κ3) is 2.83. The Bertz CT molecular complexity index is 648. The second kappa shape index (κ2) is 5.64. The van der Waals surface area contributed by atoms with Crippen LogP contribution in [0, 0.1) is 18.8 Å². The van der Waals surface area contributed by atoms with Gasteiger partial charge in [0.1, 0.15) is 11.5 Å². The molecule has 0 aliphatic carbocycles. The molecular formula is C16H17N3S. The van der Waals surface area contributed by atoms with Crippen LogP contribution >= 0.6 is 11.3 Å². The Morgan fingerprint density at radius 3 is 2.85 bits per heavy atom. The number of anilines is 1. The number of hydrogen-bond donors (Lipinski definition) is 0. The fourth-order valence-electron chi connectivity index (χ4n) is 2.46. The summed E-state index contributed by atoms with van der Waals surface area (Å²) < 4.78 is 0. The van der Waals surface area contributed by atoms with Crippen molar-refractivity contribution in [3.05, 3.63) is 40.0 Å². The third-order valence-corrected chi connectivity index (χ3v) is 4.32. The average molecular weight is 283 g/mol. The van der Waals surface area contributed by atoms with E-state index in [9.17, 15) is 0 Å². The molecule has 0 radical (unpaired) electrons. The third-order valence-electron chi connectivity index (χ3n) is 3.55. The first-order chi connectivity index (χ1) is 9.72. The van der Waals surface area contributed by atoms with E-state index in [0.29, 0.717) is 6.04 Å². The van der Waals surface area contributed by atoms with E-state index >= 15 is 0 Å². The van der Waals surface area contributed by atoms with E-state index in [2.05, 4.69) is 39.7 Å². The Kier molecular flexibility index (Phi) is 3.70. The van der Waals surface area contributed by atoms with E-state index in [4.69, 9.17) is 0 Å². The van der Waals surface area contributed by atoms with Gasteiger partial charge in [-0.1, -0.05) is 5.92 Å². The minimum absolute atomic E-state index is 0.595. The van der Waals surface area contributed by atoms with Crippen molar-refractivity contribution in [1.29, 1.82) is 0 Å². The lowest BCUT2D eigenvalue weighted by atomic mass is 10.2. The molecule has 3 heterocycles. The monoisotopic (exact) mass is 283 g/mol. The van der Waals surface area contributed by atoms with Crippen LogP contribution < -0.4 is 4.90 Å². The lowest BCUT2D eigenvalue weighted by Crippen LogP contribution is -2.26. The molecule has 0 amide bonds. The first kappa shape index (κ1) is 13.1. The number of aryl methyl sites for hydroxylation is 1. The van der Waals surface area contributed by atoms with E-state index < -0.39 is 0 Å². The van der Waals surface area contributed by atoms with E-state index in [1.807, 2.05) is 24.6 Å². The Morgan fingerprint density at radius 1 is 1.35 bits per heavy atom. The smallest absolute Gasteiger partial charge is 0.128 e. The van der Waals surface area contributed by atoms with Gasteiger partial charge in [0.2, 0.25) is 0 Å². The molecule has 20 heavy (non-hydrogen) atoms. The Hall–Kier alpha value is -1.86. The molecule has 2 aromatic rings. The zero-order valence-corrected chi connectivity index (χ0v) is 12.6. The quantitative estimate of drug-likeness (QED) is 0.752. The highest BCUT2D eigenvalue weighted by molar-refractivity contribution is 7.09. The van der Waals surface area contributed by atoms with Gasteiger partial charge in [-0.25, -0.2) is 9.97 Å². The number of thiazole rings is 1. The van der Waals surface area contributed by atoms with Gasteiger partial charge in [0.05, 0.1) is 5.01 Å². The predicted octanol–water partition coefficient (Wildman–Crippen LogP) is 3.24. The lowest BCUT2D eigenvalue weighted by Gasteiger charge is -2.22. The normalized spacial score (nSPS) is 17.9. The van der Waals surface area contributed by atoms with E-state index in [-0.39, 0.29) is 0 Å². The molecule has 2 aromatic heterocycles. The van der Waals surface area contributed by atoms with Crippen LogP contribution in [-0.2, 0) is 0 Å². The van der Waals surface area contributed by atoms with E-state index in [1.54, 1.807) is 11.3 Å². The summed E-state index contributed by atoms with van der Waals surface area (Å²) in [5.41, 5.74) is 1.77. The van der Waals surface area contributed by atoms with Gasteiger partial charge in [0, 0.05) is 29.7 Å². The summed E-state index contributed by atoms with van der Waals surface area (Å²) in [6, 6.07) is 4.70. The van der Waals surface area contributed by atoms with Crippen LogP contribution in [0.4, 0.5) is 5.82 Å². The summed E-state index contributed by atoms with van der Waals surface area (Å²) in [6.45, 7) is 5.35. The summed E-state index contributed by atoms with van der Waals surface area (Å²) in [5.74, 6) is 7.25. The van der Waals surface area contributed by atoms with Gasteiger partial charge >= 0.3 is 0 Å². The highest BCUT2D eigenvalue weighted by atomic mass is 32.1. The molecule has 0 aromatic carbocycles. The van der Waals surface area contributed by atoms with Crippen molar-refractivity contribution < 1.29 is 0 Å². The first-order valence-corrected chi connectivity index (χ1v) is 7.77.